The van der Waals surface area contributed by atoms with Crippen molar-refractivity contribution in [3.63, 3.8) is 0 Å². The Morgan fingerprint density at radius 2 is 2.00 bits per heavy atom. The second-order valence-electron chi connectivity index (χ2n) is 3.71. The molecule has 1 heterocycles. The number of rotatable bonds is 6. The minimum atomic E-state index is -0.0239. The van der Waals surface area contributed by atoms with Gasteiger partial charge in [-0.05, 0) is 43.1 Å². The molecule has 0 aliphatic rings. The van der Waals surface area contributed by atoms with Crippen LogP contribution in [0.2, 0.25) is 0 Å². The fourth-order valence-corrected chi connectivity index (χ4v) is 1.90. The number of nitrogens with zero attached hydrogens (tertiary/aromatic N) is 2. The summed E-state index contributed by atoms with van der Waals surface area (Å²) in [4.78, 5) is 9.00. The van der Waals surface area contributed by atoms with Crippen LogP contribution in [0.15, 0.2) is 4.47 Å². The largest absolute Gasteiger partial charge is 0.371 e. The van der Waals surface area contributed by atoms with Gasteiger partial charge >= 0.3 is 0 Å². The van der Waals surface area contributed by atoms with Gasteiger partial charge in [0.25, 0.3) is 0 Å². The van der Waals surface area contributed by atoms with Crippen molar-refractivity contribution in [1.82, 2.24) is 9.97 Å². The van der Waals surface area contributed by atoms with E-state index in [2.05, 4.69) is 38.1 Å². The molecule has 0 aromatic carbocycles. The predicted molar refractivity (Wildman–Crippen MR) is 73.3 cm³/mol. The zero-order valence-electron chi connectivity index (χ0n) is 10.9. The van der Waals surface area contributed by atoms with Crippen LogP contribution >= 0.6 is 15.9 Å². The summed E-state index contributed by atoms with van der Waals surface area (Å²) in [5.74, 6) is 1.60. The Labute approximate surface area is 111 Å². The van der Waals surface area contributed by atoms with Crippen molar-refractivity contribution in [2.24, 2.45) is 0 Å². The number of ether oxygens (including phenoxy) is 1. The third-order valence-electron chi connectivity index (χ3n) is 2.41. The number of aromatic nitrogens is 2. The smallest absolute Gasteiger partial charge is 0.159 e. The van der Waals surface area contributed by atoms with Crippen LogP contribution in [0, 0.1) is 6.92 Å². The highest BCUT2D eigenvalue weighted by molar-refractivity contribution is 9.10. The Bertz CT molecular complexity index is 371. The molecule has 1 aromatic rings. The molecular weight excluding hydrogens is 282 g/mol. The highest BCUT2D eigenvalue weighted by atomic mass is 79.9. The van der Waals surface area contributed by atoms with Gasteiger partial charge in [-0.3, -0.25) is 0 Å². The van der Waals surface area contributed by atoms with E-state index in [1.54, 1.807) is 0 Å². The van der Waals surface area contributed by atoms with Crippen molar-refractivity contribution < 1.29 is 4.74 Å². The van der Waals surface area contributed by atoms with Gasteiger partial charge in [0.2, 0.25) is 0 Å². The van der Waals surface area contributed by atoms with Crippen molar-refractivity contribution in [3.8, 4) is 0 Å². The van der Waals surface area contributed by atoms with E-state index in [4.69, 9.17) is 4.74 Å². The molecule has 1 aromatic heterocycles. The van der Waals surface area contributed by atoms with Crippen LogP contribution in [0.5, 0.6) is 0 Å². The van der Waals surface area contributed by atoms with Gasteiger partial charge in [-0.1, -0.05) is 6.92 Å². The van der Waals surface area contributed by atoms with E-state index >= 15 is 0 Å². The maximum absolute atomic E-state index is 5.64. The molecule has 96 valence electrons. The van der Waals surface area contributed by atoms with Crippen LogP contribution in [-0.4, -0.2) is 23.1 Å². The Hall–Kier alpha value is -0.680. The van der Waals surface area contributed by atoms with Crippen LogP contribution in [0.3, 0.4) is 0 Å². The molecule has 0 radical (unpaired) electrons. The first kappa shape index (κ1) is 14.4. The van der Waals surface area contributed by atoms with Crippen molar-refractivity contribution in [3.05, 3.63) is 16.0 Å². The van der Waals surface area contributed by atoms with E-state index in [0.717, 1.165) is 34.8 Å². The topological polar surface area (TPSA) is 47.0 Å². The standard InChI is InChI=1S/C12H20BrN3O/c1-5-9(17-7-3)11-15-8(4)10(13)12(16-11)14-6-2/h9H,5-7H2,1-4H3,(H,14,15,16). The second kappa shape index (κ2) is 6.91. The maximum Gasteiger partial charge on any atom is 0.159 e. The predicted octanol–water partition coefficient (Wildman–Crippen LogP) is 3.47. The molecule has 0 aliphatic heterocycles. The lowest BCUT2D eigenvalue weighted by Crippen LogP contribution is -2.12. The summed E-state index contributed by atoms with van der Waals surface area (Å²) in [6, 6.07) is 0. The van der Waals surface area contributed by atoms with Gasteiger partial charge in [0.05, 0.1) is 10.2 Å². The number of aryl methyl sites for hydroxylation is 1. The highest BCUT2D eigenvalue weighted by Gasteiger charge is 2.16. The minimum absolute atomic E-state index is 0.0239. The summed E-state index contributed by atoms with van der Waals surface area (Å²) in [5, 5.41) is 3.22. The molecule has 1 unspecified atom stereocenters. The Kier molecular flexibility index (Phi) is 5.85. The molecular formula is C12H20BrN3O. The molecule has 0 amide bonds. The first-order valence-electron chi connectivity index (χ1n) is 6.03. The molecule has 5 heteroatoms. The van der Waals surface area contributed by atoms with Crippen molar-refractivity contribution in [2.45, 2.75) is 40.2 Å². The lowest BCUT2D eigenvalue weighted by atomic mass is 10.2. The summed E-state index contributed by atoms with van der Waals surface area (Å²) >= 11 is 3.50. The van der Waals surface area contributed by atoms with Crippen LogP contribution in [-0.2, 0) is 4.74 Å². The van der Waals surface area contributed by atoms with Crippen LogP contribution in [0.25, 0.3) is 0 Å². The Balaban J connectivity index is 3.07. The van der Waals surface area contributed by atoms with E-state index in [1.807, 2.05) is 20.8 Å². The quantitative estimate of drug-likeness (QED) is 0.874. The SMILES string of the molecule is CCNc1nc(C(CC)OCC)nc(C)c1Br. The summed E-state index contributed by atoms with van der Waals surface area (Å²) in [6.07, 6.45) is 0.852. The van der Waals surface area contributed by atoms with Crippen molar-refractivity contribution in [2.75, 3.05) is 18.5 Å². The van der Waals surface area contributed by atoms with Gasteiger partial charge in [-0.15, -0.1) is 0 Å². The number of hydrogen-bond acceptors (Lipinski definition) is 4. The van der Waals surface area contributed by atoms with Gasteiger partial charge in [0, 0.05) is 13.2 Å². The van der Waals surface area contributed by atoms with E-state index in [9.17, 15) is 0 Å². The van der Waals surface area contributed by atoms with Crippen molar-refractivity contribution >= 4 is 21.7 Å². The number of halogens is 1. The molecule has 1 N–H and O–H groups in total. The molecule has 0 saturated carbocycles. The number of anilines is 1. The van der Waals surface area contributed by atoms with E-state index in [1.165, 1.54) is 0 Å². The minimum Gasteiger partial charge on any atom is -0.371 e. The van der Waals surface area contributed by atoms with E-state index in [0.29, 0.717) is 6.61 Å². The van der Waals surface area contributed by atoms with Crippen LogP contribution in [0.1, 0.15) is 44.8 Å². The third-order valence-corrected chi connectivity index (χ3v) is 3.35. The normalized spacial score (nSPS) is 12.5. The lowest BCUT2D eigenvalue weighted by Gasteiger charge is -2.16. The first-order valence-corrected chi connectivity index (χ1v) is 6.82. The maximum atomic E-state index is 5.64. The van der Waals surface area contributed by atoms with Gasteiger partial charge in [0.15, 0.2) is 5.82 Å². The highest BCUT2D eigenvalue weighted by Crippen LogP contribution is 2.26. The fourth-order valence-electron chi connectivity index (χ4n) is 1.59. The molecule has 0 saturated heterocycles. The second-order valence-corrected chi connectivity index (χ2v) is 4.51. The third kappa shape index (κ3) is 3.64. The number of hydrogen-bond donors (Lipinski definition) is 1. The molecule has 0 bridgehead atoms. The molecule has 0 fully saturated rings. The zero-order valence-corrected chi connectivity index (χ0v) is 12.5. The fraction of sp³-hybridized carbons (Fsp3) is 0.667. The molecule has 0 aliphatic carbocycles. The number of nitrogens with one attached hydrogen (secondary N) is 1. The van der Waals surface area contributed by atoms with Gasteiger partial charge in [0.1, 0.15) is 11.9 Å². The summed E-state index contributed by atoms with van der Waals surface area (Å²) < 4.78 is 6.56. The Morgan fingerprint density at radius 3 is 2.53 bits per heavy atom. The van der Waals surface area contributed by atoms with Crippen molar-refractivity contribution in [1.29, 1.82) is 0 Å². The first-order chi connectivity index (χ1) is 8.13. The molecule has 0 spiro atoms. The average molecular weight is 302 g/mol. The van der Waals surface area contributed by atoms with Gasteiger partial charge in [-0.25, -0.2) is 9.97 Å². The average Bonchev–Trinajstić information content (AvgIpc) is 2.32. The van der Waals surface area contributed by atoms with Gasteiger partial charge < -0.3 is 10.1 Å². The zero-order chi connectivity index (χ0) is 12.8. The Morgan fingerprint density at radius 1 is 1.29 bits per heavy atom. The summed E-state index contributed by atoms with van der Waals surface area (Å²) in [6.45, 7) is 9.58. The van der Waals surface area contributed by atoms with Crippen LogP contribution in [0.4, 0.5) is 5.82 Å². The van der Waals surface area contributed by atoms with E-state index in [-0.39, 0.29) is 6.10 Å². The lowest BCUT2D eigenvalue weighted by molar-refractivity contribution is 0.0534. The monoisotopic (exact) mass is 301 g/mol. The summed E-state index contributed by atoms with van der Waals surface area (Å²) in [7, 11) is 0. The molecule has 4 nitrogen and oxygen atoms in total. The van der Waals surface area contributed by atoms with Crippen LogP contribution < -0.4 is 5.32 Å². The summed E-state index contributed by atoms with van der Waals surface area (Å²) in [5.41, 5.74) is 0.934. The molecule has 1 rings (SSSR count). The molecule has 1 atom stereocenters. The van der Waals surface area contributed by atoms with E-state index < -0.39 is 0 Å². The molecule has 17 heavy (non-hydrogen) atoms. The van der Waals surface area contributed by atoms with Gasteiger partial charge in [-0.2, -0.15) is 0 Å².